The molecule has 1 fully saturated rings. The van der Waals surface area contributed by atoms with E-state index in [-0.39, 0.29) is 11.9 Å². The molecule has 1 aliphatic rings. The monoisotopic (exact) mass is 290 g/mol. The van der Waals surface area contributed by atoms with Crippen molar-refractivity contribution < 1.29 is 4.79 Å². The summed E-state index contributed by atoms with van der Waals surface area (Å²) in [5, 5.41) is 7.18. The molecule has 2 aromatic heterocycles. The van der Waals surface area contributed by atoms with E-state index < -0.39 is 0 Å². The van der Waals surface area contributed by atoms with Gasteiger partial charge in [-0.1, -0.05) is 6.92 Å². The average Bonchev–Trinajstić information content (AvgIpc) is 2.94. The molecule has 0 N–H and O–H groups in total. The summed E-state index contributed by atoms with van der Waals surface area (Å²) in [4.78, 5) is 19.1. The third-order valence-electron chi connectivity index (χ3n) is 3.58. The summed E-state index contributed by atoms with van der Waals surface area (Å²) in [5.41, 5.74) is 0. The lowest BCUT2D eigenvalue weighted by Crippen LogP contribution is -2.38. The summed E-state index contributed by atoms with van der Waals surface area (Å²) in [6.07, 6.45) is 8.33. The van der Waals surface area contributed by atoms with Gasteiger partial charge in [0.1, 0.15) is 11.0 Å². The van der Waals surface area contributed by atoms with Gasteiger partial charge in [-0.3, -0.25) is 9.48 Å². The van der Waals surface area contributed by atoms with E-state index >= 15 is 0 Å². The second-order valence-corrected chi connectivity index (χ2v) is 6.01. The molecule has 1 aliphatic carbocycles. The zero-order valence-corrected chi connectivity index (χ0v) is 12.3. The van der Waals surface area contributed by atoms with E-state index in [1.54, 1.807) is 28.4 Å². The van der Waals surface area contributed by atoms with Gasteiger partial charge in [-0.25, -0.2) is 4.98 Å². The van der Waals surface area contributed by atoms with Gasteiger partial charge >= 0.3 is 0 Å². The first-order chi connectivity index (χ1) is 9.79. The largest absolute Gasteiger partial charge is 0.331 e. The van der Waals surface area contributed by atoms with Crippen LogP contribution in [0.25, 0.3) is 0 Å². The van der Waals surface area contributed by atoms with E-state index in [2.05, 4.69) is 10.1 Å². The predicted molar refractivity (Wildman–Crippen MR) is 77.2 cm³/mol. The standard InChI is InChI=1S/C14H18N4OS/c1-2-12(18-8-3-6-16-18)14(19)17(11-4-5-11)10-13-15-7-9-20-13/h3,6-9,11-12H,2,4-5,10H2,1H3. The van der Waals surface area contributed by atoms with Crippen molar-refractivity contribution in [1.29, 1.82) is 0 Å². The Hall–Kier alpha value is -1.69. The molecule has 106 valence electrons. The molecule has 0 spiro atoms. The molecule has 0 aromatic carbocycles. The van der Waals surface area contributed by atoms with Crippen LogP contribution in [-0.2, 0) is 11.3 Å². The van der Waals surface area contributed by atoms with E-state index in [1.165, 1.54) is 0 Å². The van der Waals surface area contributed by atoms with Crippen LogP contribution < -0.4 is 0 Å². The van der Waals surface area contributed by atoms with Gasteiger partial charge in [-0.2, -0.15) is 5.10 Å². The summed E-state index contributed by atoms with van der Waals surface area (Å²) >= 11 is 1.60. The number of aromatic nitrogens is 3. The van der Waals surface area contributed by atoms with Gasteiger partial charge in [-0.05, 0) is 25.3 Å². The van der Waals surface area contributed by atoms with Crippen molar-refractivity contribution in [2.75, 3.05) is 0 Å². The molecule has 2 heterocycles. The summed E-state index contributed by atoms with van der Waals surface area (Å²) in [5.74, 6) is 0.161. The highest BCUT2D eigenvalue weighted by Crippen LogP contribution is 2.31. The van der Waals surface area contributed by atoms with E-state index in [0.717, 1.165) is 24.3 Å². The maximum absolute atomic E-state index is 12.8. The molecule has 0 bridgehead atoms. The molecule has 3 rings (SSSR count). The molecular formula is C14H18N4OS. The predicted octanol–water partition coefficient (Wildman–Crippen LogP) is 2.48. The van der Waals surface area contributed by atoms with Crippen LogP contribution in [-0.4, -0.2) is 31.6 Å². The summed E-state index contributed by atoms with van der Waals surface area (Å²) < 4.78 is 1.76. The number of hydrogen-bond acceptors (Lipinski definition) is 4. The maximum Gasteiger partial charge on any atom is 0.248 e. The first-order valence-electron chi connectivity index (χ1n) is 6.97. The molecule has 20 heavy (non-hydrogen) atoms. The zero-order valence-electron chi connectivity index (χ0n) is 11.5. The number of carbonyl (C=O) groups excluding carboxylic acids is 1. The minimum atomic E-state index is -0.203. The molecule has 0 aliphatic heterocycles. The minimum absolute atomic E-state index is 0.161. The Morgan fingerprint density at radius 3 is 2.95 bits per heavy atom. The number of rotatable bonds is 6. The van der Waals surface area contributed by atoms with Crippen molar-refractivity contribution >= 4 is 17.2 Å². The van der Waals surface area contributed by atoms with E-state index in [1.807, 2.05) is 29.5 Å². The number of amides is 1. The molecular weight excluding hydrogens is 272 g/mol. The molecule has 1 saturated carbocycles. The van der Waals surface area contributed by atoms with E-state index in [0.29, 0.717) is 12.6 Å². The maximum atomic E-state index is 12.8. The van der Waals surface area contributed by atoms with Crippen LogP contribution in [0.5, 0.6) is 0 Å². The van der Waals surface area contributed by atoms with Crippen LogP contribution in [0.2, 0.25) is 0 Å². The van der Waals surface area contributed by atoms with Gasteiger partial charge in [0.05, 0.1) is 6.54 Å². The average molecular weight is 290 g/mol. The Labute approximate surface area is 122 Å². The van der Waals surface area contributed by atoms with Gasteiger partial charge in [0.25, 0.3) is 0 Å². The Kier molecular flexibility index (Phi) is 3.82. The highest BCUT2D eigenvalue weighted by molar-refractivity contribution is 7.09. The van der Waals surface area contributed by atoms with Gasteiger partial charge < -0.3 is 4.90 Å². The van der Waals surface area contributed by atoms with Gasteiger partial charge in [0, 0.05) is 30.0 Å². The molecule has 2 aromatic rings. The summed E-state index contributed by atoms with van der Waals surface area (Å²) in [6.45, 7) is 2.65. The molecule has 1 unspecified atom stereocenters. The van der Waals surface area contributed by atoms with Crippen LogP contribution in [0.15, 0.2) is 30.0 Å². The molecule has 6 heteroatoms. The van der Waals surface area contributed by atoms with Gasteiger partial charge in [0.2, 0.25) is 5.91 Å². The third-order valence-corrected chi connectivity index (χ3v) is 4.34. The van der Waals surface area contributed by atoms with Crippen LogP contribution >= 0.6 is 11.3 Å². The molecule has 0 saturated heterocycles. The fourth-order valence-corrected chi connectivity index (χ4v) is 3.00. The topological polar surface area (TPSA) is 51.0 Å². The first kappa shape index (κ1) is 13.3. The lowest BCUT2D eigenvalue weighted by molar-refractivity contribution is -0.136. The Morgan fingerprint density at radius 2 is 2.40 bits per heavy atom. The second-order valence-electron chi connectivity index (χ2n) is 5.03. The Balaban J connectivity index is 1.78. The number of thiazole rings is 1. The Bertz CT molecular complexity index is 548. The second kappa shape index (κ2) is 5.75. The highest BCUT2D eigenvalue weighted by Gasteiger charge is 2.36. The van der Waals surface area contributed by atoms with Crippen molar-refractivity contribution in [3.05, 3.63) is 35.0 Å². The Morgan fingerprint density at radius 1 is 1.55 bits per heavy atom. The van der Waals surface area contributed by atoms with Crippen molar-refractivity contribution in [3.8, 4) is 0 Å². The third kappa shape index (κ3) is 2.75. The minimum Gasteiger partial charge on any atom is -0.331 e. The fourth-order valence-electron chi connectivity index (χ4n) is 2.38. The van der Waals surface area contributed by atoms with Crippen LogP contribution in [0.3, 0.4) is 0 Å². The van der Waals surface area contributed by atoms with Crippen molar-refractivity contribution in [2.45, 2.75) is 44.8 Å². The number of nitrogens with zero attached hydrogens (tertiary/aromatic N) is 4. The summed E-state index contributed by atoms with van der Waals surface area (Å²) in [7, 11) is 0. The normalized spacial score (nSPS) is 16.1. The van der Waals surface area contributed by atoms with Crippen LogP contribution in [0.4, 0.5) is 0 Å². The fraction of sp³-hybridized carbons (Fsp3) is 0.500. The zero-order chi connectivity index (χ0) is 13.9. The number of carbonyl (C=O) groups is 1. The molecule has 1 atom stereocenters. The van der Waals surface area contributed by atoms with Crippen LogP contribution in [0, 0.1) is 0 Å². The molecule has 5 nitrogen and oxygen atoms in total. The van der Waals surface area contributed by atoms with Crippen molar-refractivity contribution in [3.63, 3.8) is 0 Å². The van der Waals surface area contributed by atoms with E-state index in [4.69, 9.17) is 0 Å². The first-order valence-corrected chi connectivity index (χ1v) is 7.85. The van der Waals surface area contributed by atoms with Gasteiger partial charge in [0.15, 0.2) is 0 Å². The molecule has 1 amide bonds. The van der Waals surface area contributed by atoms with Crippen LogP contribution in [0.1, 0.15) is 37.2 Å². The van der Waals surface area contributed by atoms with Gasteiger partial charge in [-0.15, -0.1) is 11.3 Å². The van der Waals surface area contributed by atoms with Crippen molar-refractivity contribution in [1.82, 2.24) is 19.7 Å². The number of hydrogen-bond donors (Lipinski definition) is 0. The van der Waals surface area contributed by atoms with E-state index in [9.17, 15) is 4.79 Å². The smallest absolute Gasteiger partial charge is 0.248 e. The van der Waals surface area contributed by atoms with Crippen molar-refractivity contribution in [2.24, 2.45) is 0 Å². The quantitative estimate of drug-likeness (QED) is 0.821. The molecule has 0 radical (unpaired) electrons. The highest BCUT2D eigenvalue weighted by atomic mass is 32.1. The SMILES string of the molecule is CCC(C(=O)N(Cc1nccs1)C1CC1)n1cccn1. The summed E-state index contributed by atoms with van der Waals surface area (Å²) in [6, 6.07) is 2.04. The lowest BCUT2D eigenvalue weighted by atomic mass is 10.2. The lowest BCUT2D eigenvalue weighted by Gasteiger charge is -2.26.